The Morgan fingerprint density at radius 1 is 1.21 bits per heavy atom. The molecule has 0 saturated carbocycles. The Bertz CT molecular complexity index is 597. The lowest BCUT2D eigenvalue weighted by molar-refractivity contribution is 0.102. The van der Waals surface area contributed by atoms with Crippen molar-refractivity contribution in [3.63, 3.8) is 0 Å². The molecule has 2 aromatic rings. The number of methoxy groups -OCH3 is 1. The van der Waals surface area contributed by atoms with Gasteiger partial charge in [0.05, 0.1) is 7.11 Å². The van der Waals surface area contributed by atoms with Crippen LogP contribution in [0, 0.1) is 5.82 Å². The van der Waals surface area contributed by atoms with E-state index in [-0.39, 0.29) is 11.4 Å². The van der Waals surface area contributed by atoms with E-state index in [2.05, 4.69) is 5.32 Å². The summed E-state index contributed by atoms with van der Waals surface area (Å²) >= 11 is 0. The second-order valence-electron chi connectivity index (χ2n) is 3.89. The van der Waals surface area contributed by atoms with Crippen molar-refractivity contribution in [3.05, 3.63) is 53.8 Å². The third kappa shape index (κ3) is 2.82. The molecule has 2 aromatic carbocycles. The summed E-state index contributed by atoms with van der Waals surface area (Å²) in [6, 6.07) is 10.4. The predicted octanol–water partition coefficient (Wildman–Crippen LogP) is 2.67. The minimum Gasteiger partial charge on any atom is -0.496 e. The molecule has 0 atom stereocenters. The number of ether oxygens (including phenoxy) is 1. The van der Waals surface area contributed by atoms with Crippen LogP contribution >= 0.6 is 0 Å². The van der Waals surface area contributed by atoms with Gasteiger partial charge in [0.15, 0.2) is 0 Å². The lowest BCUT2D eigenvalue weighted by Crippen LogP contribution is -2.15. The summed E-state index contributed by atoms with van der Waals surface area (Å²) in [5, 5.41) is 2.64. The summed E-state index contributed by atoms with van der Waals surface area (Å²) in [7, 11) is 1.46. The highest BCUT2D eigenvalue weighted by Crippen LogP contribution is 2.25. The van der Waals surface area contributed by atoms with Crippen LogP contribution in [0.25, 0.3) is 0 Å². The van der Waals surface area contributed by atoms with Gasteiger partial charge in [-0.2, -0.15) is 0 Å². The number of nitrogens with one attached hydrogen (secondary N) is 1. The van der Waals surface area contributed by atoms with Gasteiger partial charge in [-0.1, -0.05) is 6.07 Å². The maximum Gasteiger partial charge on any atom is 0.261 e. The van der Waals surface area contributed by atoms with Crippen LogP contribution in [0.3, 0.4) is 0 Å². The van der Waals surface area contributed by atoms with E-state index in [0.29, 0.717) is 17.1 Å². The normalized spacial score (nSPS) is 10.0. The number of anilines is 2. The molecule has 4 nitrogen and oxygen atoms in total. The number of halogens is 1. The van der Waals surface area contributed by atoms with Gasteiger partial charge in [-0.3, -0.25) is 4.79 Å². The van der Waals surface area contributed by atoms with Crippen molar-refractivity contribution >= 4 is 17.3 Å². The van der Waals surface area contributed by atoms with Crippen molar-refractivity contribution in [2.24, 2.45) is 0 Å². The largest absolute Gasteiger partial charge is 0.496 e. The average molecular weight is 260 g/mol. The number of hydrogen-bond acceptors (Lipinski definition) is 3. The lowest BCUT2D eigenvalue weighted by atomic mass is 10.1. The van der Waals surface area contributed by atoms with Crippen molar-refractivity contribution in [1.82, 2.24) is 0 Å². The van der Waals surface area contributed by atoms with Crippen LogP contribution in [0.4, 0.5) is 15.8 Å². The molecule has 2 rings (SSSR count). The van der Waals surface area contributed by atoms with Gasteiger partial charge in [-0.25, -0.2) is 4.39 Å². The molecule has 0 aromatic heterocycles. The summed E-state index contributed by atoms with van der Waals surface area (Å²) in [6.45, 7) is 0. The number of carbonyl (C=O) groups is 1. The van der Waals surface area contributed by atoms with E-state index in [1.807, 2.05) is 0 Å². The molecule has 0 aliphatic heterocycles. The molecule has 3 N–H and O–H groups in total. The van der Waals surface area contributed by atoms with E-state index >= 15 is 0 Å². The highest BCUT2D eigenvalue weighted by Gasteiger charge is 2.15. The number of amides is 1. The highest BCUT2D eigenvalue weighted by molar-refractivity contribution is 6.09. The van der Waals surface area contributed by atoms with Gasteiger partial charge in [-0.05, 0) is 36.4 Å². The molecular formula is C14H13FN2O2. The minimum absolute atomic E-state index is 0.259. The standard InChI is InChI=1S/C14H13FN2O2/c1-19-12-4-2-3-11(16)13(12)14(18)17-10-7-5-9(15)6-8-10/h2-8H,16H2,1H3,(H,17,18). The van der Waals surface area contributed by atoms with Crippen LogP contribution in [0.1, 0.15) is 10.4 Å². The van der Waals surface area contributed by atoms with Crippen LogP contribution in [-0.4, -0.2) is 13.0 Å². The second-order valence-corrected chi connectivity index (χ2v) is 3.89. The Labute approximate surface area is 110 Å². The van der Waals surface area contributed by atoms with Gasteiger partial charge < -0.3 is 15.8 Å². The van der Waals surface area contributed by atoms with Gasteiger partial charge in [0.25, 0.3) is 5.91 Å². The molecule has 0 fully saturated rings. The van der Waals surface area contributed by atoms with Gasteiger partial charge in [0.1, 0.15) is 17.1 Å². The van der Waals surface area contributed by atoms with Crippen molar-refractivity contribution < 1.29 is 13.9 Å². The molecule has 0 aliphatic carbocycles. The molecule has 98 valence electrons. The van der Waals surface area contributed by atoms with Crippen LogP contribution in [-0.2, 0) is 0 Å². The maximum atomic E-state index is 12.8. The molecule has 0 heterocycles. The fraction of sp³-hybridized carbons (Fsp3) is 0.0714. The number of nitrogen functional groups attached to an aromatic ring is 1. The molecule has 0 unspecified atom stereocenters. The minimum atomic E-state index is -0.401. The first-order chi connectivity index (χ1) is 9.11. The molecule has 5 heteroatoms. The lowest BCUT2D eigenvalue weighted by Gasteiger charge is -2.11. The van der Waals surface area contributed by atoms with Crippen LogP contribution in [0.5, 0.6) is 5.75 Å². The summed E-state index contributed by atoms with van der Waals surface area (Å²) in [5.74, 6) is -0.379. The molecule has 19 heavy (non-hydrogen) atoms. The molecule has 0 aliphatic rings. The quantitative estimate of drug-likeness (QED) is 0.834. The van der Waals surface area contributed by atoms with Crippen molar-refractivity contribution in [1.29, 1.82) is 0 Å². The molecule has 1 amide bonds. The third-order valence-corrected chi connectivity index (χ3v) is 2.61. The molecule has 0 spiro atoms. The summed E-state index contributed by atoms with van der Waals surface area (Å²) < 4.78 is 17.9. The van der Waals surface area contributed by atoms with Crippen molar-refractivity contribution in [3.8, 4) is 5.75 Å². The van der Waals surface area contributed by atoms with E-state index in [4.69, 9.17) is 10.5 Å². The zero-order valence-electron chi connectivity index (χ0n) is 10.3. The van der Waals surface area contributed by atoms with E-state index < -0.39 is 5.91 Å². The average Bonchev–Trinajstić information content (AvgIpc) is 2.40. The Morgan fingerprint density at radius 3 is 2.53 bits per heavy atom. The molecule has 0 bridgehead atoms. The fourth-order valence-corrected chi connectivity index (χ4v) is 1.69. The van der Waals surface area contributed by atoms with Crippen molar-refractivity contribution in [2.75, 3.05) is 18.2 Å². The number of benzene rings is 2. The predicted molar refractivity (Wildman–Crippen MR) is 71.8 cm³/mol. The van der Waals surface area contributed by atoms with Crippen LogP contribution in [0.15, 0.2) is 42.5 Å². The SMILES string of the molecule is COc1cccc(N)c1C(=O)Nc1ccc(F)cc1. The molecule has 0 radical (unpaired) electrons. The zero-order chi connectivity index (χ0) is 13.8. The van der Waals surface area contributed by atoms with Gasteiger partial charge in [-0.15, -0.1) is 0 Å². The number of hydrogen-bond donors (Lipinski definition) is 2. The van der Waals surface area contributed by atoms with Crippen molar-refractivity contribution in [2.45, 2.75) is 0 Å². The second kappa shape index (κ2) is 5.39. The number of nitrogens with two attached hydrogens (primary N) is 1. The topological polar surface area (TPSA) is 64.3 Å². The maximum absolute atomic E-state index is 12.8. The van der Waals surface area contributed by atoms with E-state index in [1.54, 1.807) is 18.2 Å². The van der Waals surface area contributed by atoms with Gasteiger partial charge in [0, 0.05) is 11.4 Å². The zero-order valence-corrected chi connectivity index (χ0v) is 10.3. The summed E-state index contributed by atoms with van der Waals surface area (Å²) in [4.78, 5) is 12.1. The Morgan fingerprint density at radius 2 is 1.89 bits per heavy atom. The first kappa shape index (κ1) is 12.9. The Kier molecular flexibility index (Phi) is 3.66. The van der Waals surface area contributed by atoms with Gasteiger partial charge in [0.2, 0.25) is 0 Å². The Hall–Kier alpha value is -2.56. The van der Waals surface area contributed by atoms with Gasteiger partial charge >= 0.3 is 0 Å². The first-order valence-electron chi connectivity index (χ1n) is 5.61. The third-order valence-electron chi connectivity index (χ3n) is 2.61. The first-order valence-corrected chi connectivity index (χ1v) is 5.61. The van der Waals surface area contributed by atoms with Crippen LogP contribution < -0.4 is 15.8 Å². The monoisotopic (exact) mass is 260 g/mol. The smallest absolute Gasteiger partial charge is 0.261 e. The van der Waals surface area contributed by atoms with E-state index in [9.17, 15) is 9.18 Å². The van der Waals surface area contributed by atoms with E-state index in [1.165, 1.54) is 31.4 Å². The van der Waals surface area contributed by atoms with E-state index in [0.717, 1.165) is 0 Å². The molecular weight excluding hydrogens is 247 g/mol. The highest BCUT2D eigenvalue weighted by atomic mass is 19.1. The summed E-state index contributed by atoms with van der Waals surface area (Å²) in [6.07, 6.45) is 0. The molecule has 0 saturated heterocycles. The number of carbonyl (C=O) groups excluding carboxylic acids is 1. The van der Waals surface area contributed by atoms with Crippen LogP contribution in [0.2, 0.25) is 0 Å². The number of rotatable bonds is 3. The fourth-order valence-electron chi connectivity index (χ4n) is 1.69. The Balaban J connectivity index is 2.27. The summed E-state index contributed by atoms with van der Waals surface area (Å²) in [5.41, 5.74) is 6.83.